The molecule has 1 aromatic rings. The van der Waals surface area contributed by atoms with Crippen LogP contribution in [0.2, 0.25) is 0 Å². The van der Waals surface area contributed by atoms with Crippen LogP contribution in [-0.4, -0.2) is 61.9 Å². The highest BCUT2D eigenvalue weighted by Gasteiger charge is 2.22. The van der Waals surface area contributed by atoms with E-state index in [1.165, 1.54) is 18.4 Å². The quantitative estimate of drug-likeness (QED) is 0.544. The maximum Gasteiger partial charge on any atom is 0.310 e. The van der Waals surface area contributed by atoms with E-state index in [0.29, 0.717) is 18.0 Å². The number of amides is 1. The molecule has 0 bridgehead atoms. The van der Waals surface area contributed by atoms with Gasteiger partial charge in [-0.2, -0.15) is 0 Å². The van der Waals surface area contributed by atoms with E-state index in [1.807, 2.05) is 11.4 Å². The van der Waals surface area contributed by atoms with Gasteiger partial charge in [0, 0.05) is 13.1 Å². The second-order valence-electron chi connectivity index (χ2n) is 4.49. The van der Waals surface area contributed by atoms with Gasteiger partial charge in [0.2, 0.25) is 0 Å². The number of thiophene rings is 1. The van der Waals surface area contributed by atoms with E-state index in [4.69, 9.17) is 9.84 Å². The molecule has 0 radical (unpaired) electrons. The van der Waals surface area contributed by atoms with Gasteiger partial charge in [0.05, 0.1) is 37.7 Å². The Hall–Kier alpha value is -1.44. The molecule has 21 heavy (non-hydrogen) atoms. The van der Waals surface area contributed by atoms with Crippen LogP contribution in [0.1, 0.15) is 16.6 Å². The van der Waals surface area contributed by atoms with Crippen LogP contribution in [0.3, 0.4) is 0 Å². The molecule has 0 fully saturated rings. The molecule has 0 saturated carbocycles. The lowest BCUT2D eigenvalue weighted by atomic mass is 10.1. The number of ether oxygens (including phenoxy) is 2. The van der Waals surface area contributed by atoms with Gasteiger partial charge >= 0.3 is 5.97 Å². The highest BCUT2D eigenvalue weighted by Crippen LogP contribution is 2.13. The maximum atomic E-state index is 12.4. The van der Waals surface area contributed by atoms with E-state index in [9.17, 15) is 9.59 Å². The summed E-state index contributed by atoms with van der Waals surface area (Å²) in [5.41, 5.74) is 0. The third-order valence-electron chi connectivity index (χ3n) is 2.86. The van der Waals surface area contributed by atoms with Crippen molar-refractivity contribution in [2.24, 2.45) is 5.92 Å². The molecular formula is C14H21NO5S. The van der Waals surface area contributed by atoms with Crippen LogP contribution >= 0.6 is 11.3 Å². The lowest BCUT2D eigenvalue weighted by molar-refractivity contribution is -0.145. The molecule has 118 valence electrons. The van der Waals surface area contributed by atoms with Gasteiger partial charge in [-0.05, 0) is 11.4 Å². The molecule has 0 aliphatic carbocycles. The minimum Gasteiger partial charge on any atom is -0.469 e. The van der Waals surface area contributed by atoms with Crippen LogP contribution in [0.4, 0.5) is 0 Å². The Kier molecular flexibility index (Phi) is 7.96. The van der Waals surface area contributed by atoms with Crippen molar-refractivity contribution < 1.29 is 24.2 Å². The van der Waals surface area contributed by atoms with Crippen molar-refractivity contribution in [2.75, 3.05) is 40.0 Å². The standard InChI is InChI=1S/C14H21NO5S/c1-11(14(18)19-2)10-15(5-7-20-8-6-16)13(17)12-4-3-9-21-12/h3-4,9,11,16H,5-8,10H2,1-2H3. The Morgan fingerprint density at radius 2 is 2.19 bits per heavy atom. The van der Waals surface area contributed by atoms with Crippen LogP contribution in [0.25, 0.3) is 0 Å². The molecule has 0 aromatic carbocycles. The van der Waals surface area contributed by atoms with Crippen LogP contribution in [0.15, 0.2) is 17.5 Å². The van der Waals surface area contributed by atoms with Gasteiger partial charge in [0.25, 0.3) is 5.91 Å². The summed E-state index contributed by atoms with van der Waals surface area (Å²) in [7, 11) is 1.33. The van der Waals surface area contributed by atoms with Gasteiger partial charge in [-0.15, -0.1) is 11.3 Å². The fraction of sp³-hybridized carbons (Fsp3) is 0.571. The van der Waals surface area contributed by atoms with E-state index in [1.54, 1.807) is 17.9 Å². The SMILES string of the molecule is COC(=O)C(C)CN(CCOCCO)C(=O)c1cccs1. The van der Waals surface area contributed by atoms with Gasteiger partial charge in [-0.1, -0.05) is 13.0 Å². The van der Waals surface area contributed by atoms with E-state index < -0.39 is 5.92 Å². The summed E-state index contributed by atoms with van der Waals surface area (Å²) in [6.07, 6.45) is 0. The second-order valence-corrected chi connectivity index (χ2v) is 5.44. The van der Waals surface area contributed by atoms with E-state index in [-0.39, 0.29) is 31.6 Å². The topological polar surface area (TPSA) is 76.1 Å². The van der Waals surface area contributed by atoms with Crippen molar-refractivity contribution in [3.05, 3.63) is 22.4 Å². The fourth-order valence-corrected chi connectivity index (χ4v) is 2.47. The van der Waals surface area contributed by atoms with Gasteiger partial charge in [-0.3, -0.25) is 9.59 Å². The number of aliphatic hydroxyl groups is 1. The Balaban J connectivity index is 2.65. The average Bonchev–Trinajstić information content (AvgIpc) is 3.02. The van der Waals surface area contributed by atoms with Gasteiger partial charge in [0.1, 0.15) is 0 Å². The zero-order chi connectivity index (χ0) is 15.7. The predicted molar refractivity (Wildman–Crippen MR) is 79.3 cm³/mol. The van der Waals surface area contributed by atoms with E-state index in [2.05, 4.69) is 4.74 Å². The maximum absolute atomic E-state index is 12.4. The zero-order valence-corrected chi connectivity index (χ0v) is 13.1. The number of hydrogen-bond acceptors (Lipinski definition) is 6. The Morgan fingerprint density at radius 3 is 2.76 bits per heavy atom. The molecule has 1 atom stereocenters. The molecule has 1 aromatic heterocycles. The second kappa shape index (κ2) is 9.49. The van der Waals surface area contributed by atoms with Crippen molar-refractivity contribution >= 4 is 23.2 Å². The van der Waals surface area contributed by atoms with Gasteiger partial charge in [0.15, 0.2) is 0 Å². The smallest absolute Gasteiger partial charge is 0.310 e. The Morgan fingerprint density at radius 1 is 1.43 bits per heavy atom. The fourth-order valence-electron chi connectivity index (χ4n) is 1.78. The molecular weight excluding hydrogens is 294 g/mol. The van der Waals surface area contributed by atoms with Crippen molar-refractivity contribution in [1.82, 2.24) is 4.90 Å². The molecule has 0 spiro atoms. The molecule has 0 saturated heterocycles. The first-order chi connectivity index (χ1) is 10.1. The van der Waals surface area contributed by atoms with Crippen molar-refractivity contribution in [3.8, 4) is 0 Å². The molecule has 1 rings (SSSR count). The number of hydrogen-bond donors (Lipinski definition) is 1. The number of carbonyl (C=O) groups excluding carboxylic acids is 2. The normalized spacial score (nSPS) is 12.0. The summed E-state index contributed by atoms with van der Waals surface area (Å²) in [5, 5.41) is 10.5. The van der Waals surface area contributed by atoms with E-state index in [0.717, 1.165) is 0 Å². The van der Waals surface area contributed by atoms with E-state index >= 15 is 0 Å². The first-order valence-corrected chi connectivity index (χ1v) is 7.57. The molecule has 7 heteroatoms. The number of nitrogens with zero attached hydrogens (tertiary/aromatic N) is 1. The Labute approximate surface area is 128 Å². The summed E-state index contributed by atoms with van der Waals surface area (Å²) in [5.74, 6) is -0.889. The van der Waals surface area contributed by atoms with Crippen molar-refractivity contribution in [3.63, 3.8) is 0 Å². The van der Waals surface area contributed by atoms with Crippen LogP contribution in [0, 0.1) is 5.92 Å². The highest BCUT2D eigenvalue weighted by atomic mass is 32.1. The summed E-state index contributed by atoms with van der Waals surface area (Å²) in [6.45, 7) is 2.83. The summed E-state index contributed by atoms with van der Waals surface area (Å²) in [6, 6.07) is 3.56. The summed E-state index contributed by atoms with van der Waals surface area (Å²) < 4.78 is 9.88. The molecule has 1 amide bonds. The molecule has 0 aliphatic rings. The summed E-state index contributed by atoms with van der Waals surface area (Å²) >= 11 is 1.36. The largest absolute Gasteiger partial charge is 0.469 e. The molecule has 6 nitrogen and oxygen atoms in total. The third-order valence-corrected chi connectivity index (χ3v) is 3.72. The first-order valence-electron chi connectivity index (χ1n) is 6.69. The lowest BCUT2D eigenvalue weighted by Crippen LogP contribution is -2.39. The van der Waals surface area contributed by atoms with Crippen LogP contribution < -0.4 is 0 Å². The lowest BCUT2D eigenvalue weighted by Gasteiger charge is -2.24. The third kappa shape index (κ3) is 5.82. The Bertz CT molecular complexity index is 435. The predicted octanol–water partition coefficient (Wildman–Crippen LogP) is 1.01. The minimum absolute atomic E-state index is 0.0581. The molecule has 0 aliphatic heterocycles. The number of rotatable bonds is 9. The zero-order valence-electron chi connectivity index (χ0n) is 12.3. The van der Waals surface area contributed by atoms with Gasteiger partial charge < -0.3 is 19.5 Å². The number of esters is 1. The average molecular weight is 315 g/mol. The van der Waals surface area contributed by atoms with Gasteiger partial charge in [-0.25, -0.2) is 0 Å². The number of aliphatic hydroxyl groups excluding tert-OH is 1. The highest BCUT2D eigenvalue weighted by molar-refractivity contribution is 7.12. The van der Waals surface area contributed by atoms with Crippen molar-refractivity contribution in [2.45, 2.75) is 6.92 Å². The number of carbonyl (C=O) groups is 2. The number of methoxy groups -OCH3 is 1. The van der Waals surface area contributed by atoms with Crippen LogP contribution in [-0.2, 0) is 14.3 Å². The molecule has 1 unspecified atom stereocenters. The molecule has 1 heterocycles. The molecule has 1 N–H and O–H groups in total. The summed E-state index contributed by atoms with van der Waals surface area (Å²) in [4.78, 5) is 26.1. The van der Waals surface area contributed by atoms with Crippen molar-refractivity contribution in [1.29, 1.82) is 0 Å². The minimum atomic E-state index is -0.406. The first kappa shape index (κ1) is 17.6. The van der Waals surface area contributed by atoms with Crippen LogP contribution in [0.5, 0.6) is 0 Å². The monoisotopic (exact) mass is 315 g/mol.